The fourth-order valence-corrected chi connectivity index (χ4v) is 0.615. The Morgan fingerprint density at radius 3 is 2.67 bits per heavy atom. The normalized spacial score (nSPS) is 16.1. The quantitative estimate of drug-likeness (QED) is 0.466. The zero-order valence-corrected chi connectivity index (χ0v) is 5.01. The molecule has 1 aliphatic rings. The third-order valence-electron chi connectivity index (χ3n) is 1.15. The van der Waals surface area contributed by atoms with Gasteiger partial charge >= 0.3 is 5.97 Å². The number of ether oxygens (including phenoxy) is 1. The maximum absolute atomic E-state index is 10.5. The number of carbonyl (C=O) groups excluding carboxylic acids is 2. The molecular weight excluding hydrogens is 120 g/mol. The van der Waals surface area contributed by atoms with Crippen molar-refractivity contribution in [2.45, 2.75) is 6.42 Å². The minimum Gasteiger partial charge on any atom is -0.466 e. The summed E-state index contributed by atoms with van der Waals surface area (Å²) in [6, 6.07) is 0. The summed E-state index contributed by atoms with van der Waals surface area (Å²) in [5.41, 5.74) is 0.475. The molecule has 0 bridgehead atoms. The van der Waals surface area contributed by atoms with Crippen LogP contribution in [0.4, 0.5) is 0 Å². The highest BCUT2D eigenvalue weighted by Gasteiger charge is 2.21. The van der Waals surface area contributed by atoms with Crippen molar-refractivity contribution < 1.29 is 14.3 Å². The van der Waals surface area contributed by atoms with E-state index < -0.39 is 5.97 Å². The molecule has 0 amide bonds. The Balaban J connectivity index is 2.58. The molecule has 0 saturated carbocycles. The molecule has 0 heterocycles. The molecule has 0 unspecified atom stereocenters. The first-order valence-corrected chi connectivity index (χ1v) is 2.56. The van der Waals surface area contributed by atoms with E-state index in [1.807, 2.05) is 0 Å². The topological polar surface area (TPSA) is 43.4 Å². The second-order valence-corrected chi connectivity index (χ2v) is 1.80. The molecule has 0 radical (unpaired) electrons. The lowest BCUT2D eigenvalue weighted by Crippen LogP contribution is -2.17. The van der Waals surface area contributed by atoms with Gasteiger partial charge < -0.3 is 4.74 Å². The predicted octanol–water partition coefficient (Wildman–Crippen LogP) is 0.0586. The molecule has 0 spiro atoms. The third kappa shape index (κ3) is 0.988. The third-order valence-corrected chi connectivity index (χ3v) is 1.15. The van der Waals surface area contributed by atoms with Crippen molar-refractivity contribution in [1.82, 2.24) is 0 Å². The molecule has 3 nitrogen and oxygen atoms in total. The predicted molar refractivity (Wildman–Crippen MR) is 29.7 cm³/mol. The van der Waals surface area contributed by atoms with Crippen LogP contribution in [0.3, 0.4) is 0 Å². The van der Waals surface area contributed by atoms with Crippen molar-refractivity contribution in [2.24, 2.45) is 0 Å². The second kappa shape index (κ2) is 2.01. The molecule has 0 fully saturated rings. The molecule has 0 aromatic heterocycles. The van der Waals surface area contributed by atoms with Gasteiger partial charge in [0, 0.05) is 12.0 Å². The first kappa shape index (κ1) is 6.01. The van der Waals surface area contributed by atoms with Crippen LogP contribution in [0.15, 0.2) is 11.6 Å². The Morgan fingerprint density at radius 1 is 1.78 bits per heavy atom. The Morgan fingerprint density at radius 2 is 2.33 bits per heavy atom. The van der Waals surface area contributed by atoms with Crippen molar-refractivity contribution >= 4 is 11.8 Å². The lowest BCUT2D eigenvalue weighted by atomic mass is 9.98. The van der Waals surface area contributed by atoms with Crippen molar-refractivity contribution in [3.05, 3.63) is 11.6 Å². The summed E-state index contributed by atoms with van der Waals surface area (Å²) in [4.78, 5) is 20.7. The van der Waals surface area contributed by atoms with Gasteiger partial charge in [-0.15, -0.1) is 0 Å². The molecule has 9 heavy (non-hydrogen) atoms. The van der Waals surface area contributed by atoms with Gasteiger partial charge in [-0.1, -0.05) is 0 Å². The molecule has 0 aromatic rings. The second-order valence-electron chi connectivity index (χ2n) is 1.80. The van der Waals surface area contributed by atoms with E-state index in [0.29, 0.717) is 5.57 Å². The summed E-state index contributed by atoms with van der Waals surface area (Å²) in [7, 11) is 1.30. The fourth-order valence-electron chi connectivity index (χ4n) is 0.615. The number of allylic oxidation sites excluding steroid dienone is 1. The van der Waals surface area contributed by atoms with Crippen LogP contribution in [-0.2, 0) is 14.3 Å². The smallest absolute Gasteiger partial charge is 0.334 e. The van der Waals surface area contributed by atoms with Crippen LogP contribution in [0.1, 0.15) is 6.42 Å². The lowest BCUT2D eigenvalue weighted by Gasteiger charge is -2.08. The van der Waals surface area contributed by atoms with Crippen molar-refractivity contribution in [3.63, 3.8) is 0 Å². The molecule has 48 valence electrons. The maximum atomic E-state index is 10.5. The standard InChI is InChI=1S/C6H6O3/c1-9-6(8)4-2-5(7)3-4/h2H,3H2,1H3. The number of methoxy groups -OCH3 is 1. The van der Waals surface area contributed by atoms with Gasteiger partial charge in [0.1, 0.15) is 0 Å². The van der Waals surface area contributed by atoms with E-state index in [2.05, 4.69) is 4.74 Å². The average molecular weight is 126 g/mol. The van der Waals surface area contributed by atoms with E-state index >= 15 is 0 Å². The van der Waals surface area contributed by atoms with E-state index in [1.54, 1.807) is 0 Å². The Hall–Kier alpha value is -1.12. The first-order valence-electron chi connectivity index (χ1n) is 2.56. The fraction of sp³-hybridized carbons (Fsp3) is 0.333. The van der Waals surface area contributed by atoms with Crippen LogP contribution in [0.2, 0.25) is 0 Å². The van der Waals surface area contributed by atoms with E-state index in [0.717, 1.165) is 0 Å². The molecule has 0 saturated heterocycles. The Kier molecular flexibility index (Phi) is 1.34. The van der Waals surface area contributed by atoms with Crippen molar-refractivity contribution in [2.75, 3.05) is 7.11 Å². The summed E-state index contributed by atoms with van der Waals surface area (Å²) in [6.07, 6.45) is 1.54. The van der Waals surface area contributed by atoms with E-state index in [1.165, 1.54) is 13.2 Å². The van der Waals surface area contributed by atoms with Gasteiger partial charge in [0.15, 0.2) is 5.78 Å². The van der Waals surface area contributed by atoms with Gasteiger partial charge in [-0.05, 0) is 6.08 Å². The van der Waals surface area contributed by atoms with Gasteiger partial charge in [0.25, 0.3) is 0 Å². The van der Waals surface area contributed by atoms with Crippen LogP contribution in [0.25, 0.3) is 0 Å². The Bertz CT molecular complexity index is 190. The molecule has 0 atom stereocenters. The zero-order chi connectivity index (χ0) is 6.85. The number of rotatable bonds is 1. The van der Waals surface area contributed by atoms with E-state index in [4.69, 9.17) is 0 Å². The highest BCUT2D eigenvalue weighted by atomic mass is 16.5. The van der Waals surface area contributed by atoms with Gasteiger partial charge in [-0.25, -0.2) is 4.79 Å². The van der Waals surface area contributed by atoms with Gasteiger partial charge in [0.05, 0.1) is 7.11 Å². The molecular formula is C6H6O3. The highest BCUT2D eigenvalue weighted by Crippen LogP contribution is 2.14. The van der Waals surface area contributed by atoms with Crippen LogP contribution < -0.4 is 0 Å². The highest BCUT2D eigenvalue weighted by molar-refractivity contribution is 6.10. The average Bonchev–Trinajstić information content (AvgIpc) is 1.79. The van der Waals surface area contributed by atoms with Gasteiger partial charge in [0.2, 0.25) is 0 Å². The molecule has 0 aromatic carbocycles. The molecule has 0 aliphatic heterocycles. The molecule has 1 aliphatic carbocycles. The molecule has 1 rings (SSSR count). The number of hydrogen-bond donors (Lipinski definition) is 0. The minimum atomic E-state index is -0.394. The van der Waals surface area contributed by atoms with Crippen LogP contribution in [-0.4, -0.2) is 18.9 Å². The zero-order valence-electron chi connectivity index (χ0n) is 5.01. The summed E-state index contributed by atoms with van der Waals surface area (Å²) in [6.45, 7) is 0. The maximum Gasteiger partial charge on any atom is 0.334 e. The van der Waals surface area contributed by atoms with E-state index in [9.17, 15) is 9.59 Å². The number of hydrogen-bond acceptors (Lipinski definition) is 3. The van der Waals surface area contributed by atoms with Gasteiger partial charge in [-0.3, -0.25) is 4.79 Å². The van der Waals surface area contributed by atoms with Crippen molar-refractivity contribution in [1.29, 1.82) is 0 Å². The summed E-state index contributed by atoms with van der Waals surface area (Å²) in [5, 5.41) is 0. The van der Waals surface area contributed by atoms with Crippen LogP contribution >= 0.6 is 0 Å². The summed E-state index contributed by atoms with van der Waals surface area (Å²) < 4.78 is 4.34. The molecule has 0 N–H and O–H groups in total. The van der Waals surface area contributed by atoms with Crippen molar-refractivity contribution in [3.8, 4) is 0 Å². The number of carbonyl (C=O) groups is 2. The minimum absolute atomic E-state index is 0.00426. The Labute approximate surface area is 52.3 Å². The first-order chi connectivity index (χ1) is 4.24. The largest absolute Gasteiger partial charge is 0.466 e. The SMILES string of the molecule is COC(=O)C1=CC(=O)C1. The van der Waals surface area contributed by atoms with E-state index in [-0.39, 0.29) is 12.2 Å². The summed E-state index contributed by atoms with van der Waals surface area (Å²) >= 11 is 0. The lowest BCUT2D eigenvalue weighted by molar-refractivity contribution is -0.137. The van der Waals surface area contributed by atoms with Crippen LogP contribution in [0.5, 0.6) is 0 Å². The number of ketones is 1. The van der Waals surface area contributed by atoms with Gasteiger partial charge in [-0.2, -0.15) is 0 Å². The molecule has 3 heteroatoms. The van der Waals surface area contributed by atoms with Crippen LogP contribution in [0, 0.1) is 0 Å². The number of esters is 1. The summed E-state index contributed by atoms with van der Waals surface area (Å²) in [5.74, 6) is -0.398. The monoisotopic (exact) mass is 126 g/mol.